The Kier molecular flexibility index (Phi) is 1.69. The van der Waals surface area contributed by atoms with Crippen molar-refractivity contribution in [1.29, 1.82) is 0 Å². The molecule has 0 radical (unpaired) electrons. The van der Waals surface area contributed by atoms with Gasteiger partial charge < -0.3 is 0 Å². The zero-order chi connectivity index (χ0) is 8.72. The number of benzene rings is 1. The molecule has 0 amide bonds. The van der Waals surface area contributed by atoms with Crippen LogP contribution in [0, 0.1) is 20.8 Å². The molecule has 2 aromatic rings. The van der Waals surface area contributed by atoms with Gasteiger partial charge in [0.05, 0.1) is 0 Å². The van der Waals surface area contributed by atoms with E-state index in [0.717, 1.165) is 0 Å². The van der Waals surface area contributed by atoms with Crippen molar-refractivity contribution >= 4 is 21.4 Å². The maximum Gasteiger partial charge on any atom is 0.0377 e. The maximum absolute atomic E-state index is 2.24. The smallest absolute Gasteiger partial charge is 0.0377 e. The lowest BCUT2D eigenvalue weighted by atomic mass is 10.1. The molecule has 0 nitrogen and oxygen atoms in total. The largest absolute Gasteiger partial charge is 0.143 e. The van der Waals surface area contributed by atoms with E-state index in [1.165, 1.54) is 26.8 Å². The third kappa shape index (κ3) is 0.969. The average Bonchev–Trinajstić information content (AvgIpc) is 2.42. The highest BCUT2D eigenvalue weighted by molar-refractivity contribution is 7.17. The number of rotatable bonds is 0. The molecule has 1 heterocycles. The van der Waals surface area contributed by atoms with Gasteiger partial charge in [-0.3, -0.25) is 0 Å². The van der Waals surface area contributed by atoms with E-state index < -0.39 is 0 Å². The summed E-state index contributed by atoms with van der Waals surface area (Å²) in [5.74, 6) is 0. The maximum atomic E-state index is 2.24. The van der Waals surface area contributed by atoms with E-state index in [1.54, 1.807) is 0 Å². The minimum atomic E-state index is 1.40. The molecule has 1 aromatic carbocycles. The fourth-order valence-electron chi connectivity index (χ4n) is 1.63. The van der Waals surface area contributed by atoms with Gasteiger partial charge in [-0.25, -0.2) is 0 Å². The molecule has 0 aliphatic carbocycles. The molecule has 0 aliphatic rings. The van der Waals surface area contributed by atoms with Crippen LogP contribution in [0.15, 0.2) is 17.5 Å². The lowest BCUT2D eigenvalue weighted by molar-refractivity contribution is 1.46. The molecule has 0 spiro atoms. The number of aryl methyl sites for hydroxylation is 3. The summed E-state index contributed by atoms with van der Waals surface area (Å²) >= 11 is 1.85. The van der Waals surface area contributed by atoms with Crippen molar-refractivity contribution in [2.24, 2.45) is 0 Å². The van der Waals surface area contributed by atoms with Gasteiger partial charge in [0.1, 0.15) is 0 Å². The Morgan fingerprint density at radius 2 is 1.58 bits per heavy atom. The summed E-state index contributed by atoms with van der Waals surface area (Å²) in [5, 5.41) is 3.70. The molecular formula is C11H12S. The molecule has 1 heteroatoms. The molecule has 0 bridgehead atoms. The van der Waals surface area contributed by atoms with E-state index >= 15 is 0 Å². The van der Waals surface area contributed by atoms with Gasteiger partial charge in [-0.15, -0.1) is 11.3 Å². The Balaban J connectivity index is 2.98. The van der Waals surface area contributed by atoms with Crippen molar-refractivity contribution in [3.8, 4) is 0 Å². The highest BCUT2D eigenvalue weighted by atomic mass is 32.1. The lowest BCUT2D eigenvalue weighted by Crippen LogP contribution is -1.78. The van der Waals surface area contributed by atoms with Gasteiger partial charge in [-0.1, -0.05) is 12.1 Å². The Bertz CT molecular complexity index is 424. The van der Waals surface area contributed by atoms with Crippen LogP contribution < -0.4 is 0 Å². The molecule has 62 valence electrons. The second-order valence-corrected chi connectivity index (χ2v) is 4.20. The van der Waals surface area contributed by atoms with Crippen molar-refractivity contribution in [2.45, 2.75) is 20.8 Å². The Labute approximate surface area is 76.8 Å². The van der Waals surface area contributed by atoms with Gasteiger partial charge in [0, 0.05) is 4.70 Å². The van der Waals surface area contributed by atoms with Crippen LogP contribution in [0.3, 0.4) is 0 Å². The standard InChI is InChI=1S/C11H12S/c1-7-4-5-8(2)11-10(7)9(3)6-12-11/h4-6H,1-3H3. The normalized spacial score (nSPS) is 10.9. The van der Waals surface area contributed by atoms with Crippen LogP contribution >= 0.6 is 11.3 Å². The molecule has 0 N–H and O–H groups in total. The molecule has 2 rings (SSSR count). The quantitative estimate of drug-likeness (QED) is 0.572. The summed E-state index contributed by atoms with van der Waals surface area (Å²) in [7, 11) is 0. The van der Waals surface area contributed by atoms with E-state index in [2.05, 4.69) is 38.3 Å². The lowest BCUT2D eigenvalue weighted by Gasteiger charge is -2.00. The van der Waals surface area contributed by atoms with Crippen LogP contribution in [0.2, 0.25) is 0 Å². The molecule has 0 saturated carbocycles. The van der Waals surface area contributed by atoms with Gasteiger partial charge in [-0.2, -0.15) is 0 Å². The Morgan fingerprint density at radius 3 is 2.25 bits per heavy atom. The second kappa shape index (κ2) is 2.60. The third-order valence-corrected chi connectivity index (χ3v) is 3.54. The fraction of sp³-hybridized carbons (Fsp3) is 0.273. The van der Waals surface area contributed by atoms with E-state index in [1.807, 2.05) is 11.3 Å². The predicted octanol–water partition coefficient (Wildman–Crippen LogP) is 3.83. The van der Waals surface area contributed by atoms with Crippen molar-refractivity contribution < 1.29 is 0 Å². The third-order valence-electron chi connectivity index (χ3n) is 2.31. The number of fused-ring (bicyclic) bond motifs is 1. The molecule has 0 aliphatic heterocycles. The number of thiophene rings is 1. The van der Waals surface area contributed by atoms with Gasteiger partial charge in [0.25, 0.3) is 0 Å². The zero-order valence-corrected chi connectivity index (χ0v) is 8.46. The second-order valence-electron chi connectivity index (χ2n) is 3.32. The molecule has 1 aromatic heterocycles. The van der Waals surface area contributed by atoms with Crippen molar-refractivity contribution in [2.75, 3.05) is 0 Å². The van der Waals surface area contributed by atoms with Gasteiger partial charge >= 0.3 is 0 Å². The summed E-state index contributed by atoms with van der Waals surface area (Å²) < 4.78 is 1.45. The minimum absolute atomic E-state index is 1.40. The summed E-state index contributed by atoms with van der Waals surface area (Å²) in [6, 6.07) is 4.41. The van der Waals surface area contributed by atoms with Gasteiger partial charge in [0.15, 0.2) is 0 Å². The van der Waals surface area contributed by atoms with Crippen molar-refractivity contribution in [3.05, 3.63) is 34.2 Å². The van der Waals surface area contributed by atoms with Crippen molar-refractivity contribution in [1.82, 2.24) is 0 Å². The van der Waals surface area contributed by atoms with E-state index in [0.29, 0.717) is 0 Å². The van der Waals surface area contributed by atoms with Gasteiger partial charge in [-0.05, 0) is 48.2 Å². The molecule has 0 saturated heterocycles. The fourth-order valence-corrected chi connectivity index (χ4v) is 2.74. The molecule has 0 unspecified atom stereocenters. The van der Waals surface area contributed by atoms with Crippen LogP contribution in [0.5, 0.6) is 0 Å². The summed E-state index contributed by atoms with van der Waals surface area (Å²) in [6.07, 6.45) is 0. The first-order valence-electron chi connectivity index (χ1n) is 4.14. The summed E-state index contributed by atoms with van der Waals surface area (Å²) in [4.78, 5) is 0. The molecule has 12 heavy (non-hydrogen) atoms. The molecule has 0 atom stereocenters. The van der Waals surface area contributed by atoms with Crippen LogP contribution in [-0.4, -0.2) is 0 Å². The van der Waals surface area contributed by atoms with Crippen LogP contribution in [0.1, 0.15) is 16.7 Å². The highest BCUT2D eigenvalue weighted by Crippen LogP contribution is 2.30. The summed E-state index contributed by atoms with van der Waals surface area (Å²) in [6.45, 7) is 6.55. The minimum Gasteiger partial charge on any atom is -0.143 e. The van der Waals surface area contributed by atoms with Crippen LogP contribution in [0.4, 0.5) is 0 Å². The first kappa shape index (κ1) is 7.81. The van der Waals surface area contributed by atoms with E-state index in [-0.39, 0.29) is 0 Å². The predicted molar refractivity (Wildman–Crippen MR) is 56.0 cm³/mol. The number of hydrogen-bond donors (Lipinski definition) is 0. The van der Waals surface area contributed by atoms with Crippen molar-refractivity contribution in [3.63, 3.8) is 0 Å². The van der Waals surface area contributed by atoms with Crippen LogP contribution in [0.25, 0.3) is 10.1 Å². The van der Waals surface area contributed by atoms with E-state index in [9.17, 15) is 0 Å². The topological polar surface area (TPSA) is 0 Å². The Hall–Kier alpha value is -0.820. The number of hydrogen-bond acceptors (Lipinski definition) is 1. The monoisotopic (exact) mass is 176 g/mol. The summed E-state index contributed by atoms with van der Waals surface area (Å²) in [5.41, 5.74) is 4.21. The average molecular weight is 176 g/mol. The van der Waals surface area contributed by atoms with Crippen LogP contribution in [-0.2, 0) is 0 Å². The van der Waals surface area contributed by atoms with E-state index in [4.69, 9.17) is 0 Å². The first-order chi connectivity index (χ1) is 5.70. The zero-order valence-electron chi connectivity index (χ0n) is 7.64. The molecular weight excluding hydrogens is 164 g/mol. The highest BCUT2D eigenvalue weighted by Gasteiger charge is 2.04. The molecule has 0 fully saturated rings. The SMILES string of the molecule is Cc1ccc(C)c2c(C)csc12. The first-order valence-corrected chi connectivity index (χ1v) is 5.02. The Morgan fingerprint density at radius 1 is 0.917 bits per heavy atom. The van der Waals surface area contributed by atoms with Gasteiger partial charge in [0.2, 0.25) is 0 Å².